The first-order valence-electron chi connectivity index (χ1n) is 8.88. The number of ether oxygens (including phenoxy) is 2. The van der Waals surface area contributed by atoms with Crippen molar-refractivity contribution >= 4 is 28.5 Å². The van der Waals surface area contributed by atoms with Gasteiger partial charge >= 0.3 is 6.09 Å². The summed E-state index contributed by atoms with van der Waals surface area (Å²) in [5, 5.41) is 7.83. The van der Waals surface area contributed by atoms with Gasteiger partial charge in [0.1, 0.15) is 23.6 Å². The third-order valence-electron chi connectivity index (χ3n) is 4.83. The van der Waals surface area contributed by atoms with Crippen LogP contribution < -0.4 is 9.80 Å². The number of carbonyl (C=O) groups is 1. The predicted octanol–water partition coefficient (Wildman–Crippen LogP) is 1.81. The van der Waals surface area contributed by atoms with Crippen molar-refractivity contribution in [2.75, 3.05) is 49.3 Å². The minimum Gasteiger partial charge on any atom is -0.447 e. The van der Waals surface area contributed by atoms with Crippen LogP contribution in [0.4, 0.5) is 16.3 Å². The molecule has 0 saturated carbocycles. The number of nitrogens with one attached hydrogen (secondary N) is 1. The average molecular weight is 366 g/mol. The number of hydrogen-bond acceptors (Lipinski definition) is 7. The number of anilines is 2. The number of amides is 1. The van der Waals surface area contributed by atoms with Gasteiger partial charge in [-0.05, 0) is 12.1 Å². The fourth-order valence-corrected chi connectivity index (χ4v) is 3.50. The van der Waals surface area contributed by atoms with Crippen molar-refractivity contribution in [2.45, 2.75) is 0 Å². The molecule has 0 unspecified atom stereocenters. The van der Waals surface area contributed by atoms with E-state index in [0.29, 0.717) is 32.1 Å². The molecule has 2 aliphatic heterocycles. The van der Waals surface area contributed by atoms with Gasteiger partial charge < -0.3 is 14.4 Å². The van der Waals surface area contributed by atoms with Crippen LogP contribution in [0.2, 0.25) is 0 Å². The van der Waals surface area contributed by atoms with Crippen LogP contribution in [-0.2, 0) is 9.47 Å². The molecule has 0 bridgehead atoms. The smallest absolute Gasteiger partial charge is 0.414 e. The van der Waals surface area contributed by atoms with Crippen LogP contribution in [0.5, 0.6) is 0 Å². The summed E-state index contributed by atoms with van der Waals surface area (Å²) in [5.74, 6) is 0.800. The molecule has 5 rings (SSSR count). The van der Waals surface area contributed by atoms with E-state index in [9.17, 15) is 4.79 Å². The van der Waals surface area contributed by atoms with Crippen molar-refractivity contribution in [3.63, 3.8) is 0 Å². The summed E-state index contributed by atoms with van der Waals surface area (Å²) in [6.07, 6.45) is 3.07. The van der Waals surface area contributed by atoms with Crippen LogP contribution >= 0.6 is 0 Å². The lowest BCUT2D eigenvalue weighted by molar-refractivity contribution is 0.122. The van der Waals surface area contributed by atoms with Gasteiger partial charge in [-0.25, -0.2) is 9.78 Å². The van der Waals surface area contributed by atoms with E-state index < -0.39 is 0 Å². The van der Waals surface area contributed by atoms with E-state index in [1.165, 1.54) is 0 Å². The summed E-state index contributed by atoms with van der Waals surface area (Å²) < 4.78 is 10.6. The van der Waals surface area contributed by atoms with E-state index in [1.54, 1.807) is 17.3 Å². The highest BCUT2D eigenvalue weighted by Crippen LogP contribution is 2.35. The van der Waals surface area contributed by atoms with Gasteiger partial charge in [0, 0.05) is 36.9 Å². The Hall–Kier alpha value is -3.20. The van der Waals surface area contributed by atoms with Crippen LogP contribution in [0.15, 0.2) is 30.6 Å². The molecular formula is C18H18N6O3. The van der Waals surface area contributed by atoms with E-state index in [-0.39, 0.29) is 6.09 Å². The Morgan fingerprint density at radius 2 is 1.96 bits per heavy atom. The fraction of sp³-hybridized carbons (Fsp3) is 0.333. The number of fused-ring (bicyclic) bond motifs is 1. The van der Waals surface area contributed by atoms with E-state index in [4.69, 9.17) is 14.5 Å². The summed E-state index contributed by atoms with van der Waals surface area (Å²) in [4.78, 5) is 25.5. The Morgan fingerprint density at radius 1 is 1.07 bits per heavy atom. The van der Waals surface area contributed by atoms with Gasteiger partial charge in [0.05, 0.1) is 31.1 Å². The Kier molecular flexibility index (Phi) is 3.86. The van der Waals surface area contributed by atoms with Gasteiger partial charge in [-0.3, -0.25) is 15.0 Å². The van der Waals surface area contributed by atoms with E-state index in [2.05, 4.69) is 20.1 Å². The number of pyridine rings is 2. The molecule has 0 aromatic carbocycles. The van der Waals surface area contributed by atoms with Gasteiger partial charge in [-0.15, -0.1) is 0 Å². The van der Waals surface area contributed by atoms with Crippen molar-refractivity contribution in [1.82, 2.24) is 20.2 Å². The second-order valence-corrected chi connectivity index (χ2v) is 6.39. The highest BCUT2D eigenvalue weighted by atomic mass is 16.6. The topological polar surface area (TPSA) is 96.5 Å². The lowest BCUT2D eigenvalue weighted by Crippen LogP contribution is -2.37. The second kappa shape index (κ2) is 6.51. The monoisotopic (exact) mass is 366 g/mol. The number of morpholine rings is 1. The SMILES string of the molecule is O=C1OCCN1c1cc(N2CCOCC2)nc2c(-c3ccn[nH]3)nccc12. The first-order valence-corrected chi connectivity index (χ1v) is 8.88. The minimum absolute atomic E-state index is 0.338. The van der Waals surface area contributed by atoms with Crippen molar-refractivity contribution < 1.29 is 14.3 Å². The molecule has 2 fully saturated rings. The van der Waals surface area contributed by atoms with Crippen LogP contribution in [-0.4, -0.2) is 65.7 Å². The summed E-state index contributed by atoms with van der Waals surface area (Å²) >= 11 is 0. The van der Waals surface area contributed by atoms with Crippen LogP contribution in [0.25, 0.3) is 22.3 Å². The number of hydrogen-bond donors (Lipinski definition) is 1. The van der Waals surface area contributed by atoms with Gasteiger partial charge in [-0.1, -0.05) is 0 Å². The van der Waals surface area contributed by atoms with Crippen molar-refractivity contribution in [1.29, 1.82) is 0 Å². The standard InChI is InChI=1S/C18H18N6O3/c25-18-24(7-10-27-18)14-11-15(23-5-8-26-9-6-23)21-16-12(14)1-3-19-17(16)13-2-4-20-22-13/h1-4,11H,5-10H2,(H,20,22). The summed E-state index contributed by atoms with van der Waals surface area (Å²) in [7, 11) is 0. The summed E-state index contributed by atoms with van der Waals surface area (Å²) in [6.45, 7) is 3.71. The zero-order chi connectivity index (χ0) is 18.2. The molecule has 3 aromatic rings. The predicted molar refractivity (Wildman–Crippen MR) is 98.8 cm³/mol. The van der Waals surface area contributed by atoms with Gasteiger partial charge in [0.2, 0.25) is 0 Å². The van der Waals surface area contributed by atoms with Crippen molar-refractivity contribution in [3.8, 4) is 11.4 Å². The molecule has 138 valence electrons. The van der Waals surface area contributed by atoms with Gasteiger partial charge in [-0.2, -0.15) is 5.10 Å². The Morgan fingerprint density at radius 3 is 2.70 bits per heavy atom. The molecule has 3 aromatic heterocycles. The Labute approximate surface area is 154 Å². The molecule has 2 saturated heterocycles. The average Bonchev–Trinajstić information content (AvgIpc) is 3.39. The number of rotatable bonds is 3. The highest BCUT2D eigenvalue weighted by molar-refractivity contribution is 6.05. The zero-order valence-electron chi connectivity index (χ0n) is 14.6. The minimum atomic E-state index is -0.338. The highest BCUT2D eigenvalue weighted by Gasteiger charge is 2.28. The molecule has 27 heavy (non-hydrogen) atoms. The Balaban J connectivity index is 1.73. The van der Waals surface area contributed by atoms with Crippen molar-refractivity contribution in [3.05, 3.63) is 30.6 Å². The number of cyclic esters (lactones) is 1. The molecule has 5 heterocycles. The molecule has 1 amide bonds. The van der Waals surface area contributed by atoms with Crippen LogP contribution in [0.1, 0.15) is 0 Å². The first kappa shape index (κ1) is 16.0. The molecule has 0 aliphatic carbocycles. The third kappa shape index (κ3) is 2.76. The third-order valence-corrected chi connectivity index (χ3v) is 4.83. The fourth-order valence-electron chi connectivity index (χ4n) is 3.50. The normalized spacial score (nSPS) is 17.6. The Bertz CT molecular complexity index is 984. The number of nitrogens with zero attached hydrogens (tertiary/aromatic N) is 5. The second-order valence-electron chi connectivity index (χ2n) is 6.39. The maximum atomic E-state index is 12.2. The molecule has 0 radical (unpaired) electrons. The van der Waals surface area contributed by atoms with Gasteiger partial charge in [0.25, 0.3) is 0 Å². The number of carbonyl (C=O) groups excluding carboxylic acids is 1. The maximum Gasteiger partial charge on any atom is 0.414 e. The van der Waals surface area contributed by atoms with E-state index in [1.807, 2.05) is 18.2 Å². The summed E-state index contributed by atoms with van der Waals surface area (Å²) in [6, 6.07) is 5.69. The molecule has 9 heteroatoms. The van der Waals surface area contributed by atoms with Crippen LogP contribution in [0.3, 0.4) is 0 Å². The zero-order valence-corrected chi connectivity index (χ0v) is 14.6. The van der Waals surface area contributed by atoms with Crippen molar-refractivity contribution in [2.24, 2.45) is 0 Å². The maximum absolute atomic E-state index is 12.2. The molecule has 0 atom stereocenters. The van der Waals surface area contributed by atoms with Gasteiger partial charge in [0.15, 0.2) is 0 Å². The number of aromatic nitrogens is 4. The molecule has 0 spiro atoms. The van der Waals surface area contributed by atoms with E-state index in [0.717, 1.165) is 41.2 Å². The molecule has 9 nitrogen and oxygen atoms in total. The quantitative estimate of drug-likeness (QED) is 0.755. The lowest BCUT2D eigenvalue weighted by Gasteiger charge is -2.29. The largest absolute Gasteiger partial charge is 0.447 e. The molecule has 2 aliphatic rings. The molecule has 1 N–H and O–H groups in total. The first-order chi connectivity index (χ1) is 13.3. The molecular weight excluding hydrogens is 348 g/mol. The number of H-pyrrole nitrogens is 1. The van der Waals surface area contributed by atoms with E-state index >= 15 is 0 Å². The summed E-state index contributed by atoms with van der Waals surface area (Å²) in [5.41, 5.74) is 2.99. The lowest BCUT2D eigenvalue weighted by atomic mass is 10.1. The van der Waals surface area contributed by atoms with Crippen LogP contribution in [0, 0.1) is 0 Å². The number of aromatic amines is 1.